The third-order valence-corrected chi connectivity index (χ3v) is 6.42. The first-order valence-electron chi connectivity index (χ1n) is 10.4. The summed E-state index contributed by atoms with van der Waals surface area (Å²) in [5.74, 6) is 0.917. The van der Waals surface area contributed by atoms with Crippen LogP contribution in [-0.2, 0) is 6.61 Å². The van der Waals surface area contributed by atoms with Crippen LogP contribution in [0.5, 0.6) is 5.75 Å². The fourth-order valence-corrected chi connectivity index (χ4v) is 4.16. The van der Waals surface area contributed by atoms with Gasteiger partial charge in [-0.15, -0.1) is 10.2 Å². The van der Waals surface area contributed by atoms with Gasteiger partial charge in [0.15, 0.2) is 5.01 Å². The molecule has 4 rings (SSSR count). The molecule has 0 unspecified atom stereocenters. The number of halogens is 1. The average Bonchev–Trinajstić information content (AvgIpc) is 3.28. The van der Waals surface area contributed by atoms with Gasteiger partial charge in [-0.25, -0.2) is 0 Å². The molecule has 1 aliphatic heterocycles. The summed E-state index contributed by atoms with van der Waals surface area (Å²) in [5.41, 5.74) is 1.10. The van der Waals surface area contributed by atoms with Gasteiger partial charge in [0, 0.05) is 29.4 Å². The molecule has 1 saturated heterocycles. The zero-order chi connectivity index (χ0) is 22.5. The molecule has 0 spiro atoms. The SMILES string of the molecule is CC1CCN(C(=O)c2cccc(NC(=O)c3nnc(COc4ccc(Cl)cc4)s3)c2)CC1. The number of likely N-dealkylation sites (tertiary alicyclic amines) is 1. The Bertz CT molecular complexity index is 1090. The number of aromatic nitrogens is 2. The van der Waals surface area contributed by atoms with Gasteiger partial charge in [-0.3, -0.25) is 9.59 Å². The topological polar surface area (TPSA) is 84.4 Å². The number of ether oxygens (including phenoxy) is 1. The zero-order valence-corrected chi connectivity index (χ0v) is 19.2. The van der Waals surface area contributed by atoms with Crippen LogP contribution in [0.1, 0.15) is 44.9 Å². The van der Waals surface area contributed by atoms with Crippen LogP contribution < -0.4 is 10.1 Å². The number of carbonyl (C=O) groups is 2. The molecular formula is C23H23ClN4O3S. The lowest BCUT2D eigenvalue weighted by molar-refractivity contribution is 0.0697. The molecule has 2 amide bonds. The molecule has 2 aromatic carbocycles. The summed E-state index contributed by atoms with van der Waals surface area (Å²) >= 11 is 7.02. The van der Waals surface area contributed by atoms with Crippen molar-refractivity contribution < 1.29 is 14.3 Å². The predicted octanol–water partition coefficient (Wildman–Crippen LogP) is 4.89. The number of nitrogens with zero attached hydrogens (tertiary/aromatic N) is 3. The largest absolute Gasteiger partial charge is 0.486 e. The van der Waals surface area contributed by atoms with E-state index in [-0.39, 0.29) is 23.4 Å². The first kappa shape index (κ1) is 22.2. The highest BCUT2D eigenvalue weighted by molar-refractivity contribution is 7.13. The van der Waals surface area contributed by atoms with Crippen molar-refractivity contribution in [3.63, 3.8) is 0 Å². The highest BCUT2D eigenvalue weighted by atomic mass is 35.5. The van der Waals surface area contributed by atoms with E-state index in [4.69, 9.17) is 16.3 Å². The quantitative estimate of drug-likeness (QED) is 0.554. The fraction of sp³-hybridized carbons (Fsp3) is 0.304. The van der Waals surface area contributed by atoms with Crippen molar-refractivity contribution >= 4 is 40.4 Å². The van der Waals surface area contributed by atoms with Crippen molar-refractivity contribution in [3.8, 4) is 5.75 Å². The number of piperidine rings is 1. The summed E-state index contributed by atoms with van der Waals surface area (Å²) in [6, 6.07) is 14.0. The van der Waals surface area contributed by atoms with E-state index < -0.39 is 0 Å². The van der Waals surface area contributed by atoms with E-state index >= 15 is 0 Å². The standard InChI is InChI=1S/C23H23ClN4O3S/c1-15-9-11-28(12-10-15)23(30)16-3-2-4-18(13-16)25-21(29)22-27-26-20(32-22)14-31-19-7-5-17(24)6-8-19/h2-8,13,15H,9-12,14H2,1H3,(H,25,29). The lowest BCUT2D eigenvalue weighted by Gasteiger charge is -2.30. The molecule has 0 bridgehead atoms. The number of rotatable bonds is 6. The summed E-state index contributed by atoms with van der Waals surface area (Å²) in [4.78, 5) is 27.3. The molecule has 7 nitrogen and oxygen atoms in total. The number of hydrogen-bond donors (Lipinski definition) is 1. The Morgan fingerprint density at radius 2 is 1.91 bits per heavy atom. The summed E-state index contributed by atoms with van der Waals surface area (Å²) in [7, 11) is 0. The maximum absolute atomic E-state index is 12.8. The molecule has 0 aliphatic carbocycles. The maximum atomic E-state index is 12.8. The molecule has 1 aromatic heterocycles. The number of anilines is 1. The van der Waals surface area contributed by atoms with Gasteiger partial charge in [0.25, 0.3) is 11.8 Å². The van der Waals surface area contributed by atoms with E-state index in [1.165, 1.54) is 0 Å². The Balaban J connectivity index is 1.35. The Morgan fingerprint density at radius 3 is 2.66 bits per heavy atom. The van der Waals surface area contributed by atoms with Crippen molar-refractivity contribution in [2.45, 2.75) is 26.4 Å². The third-order valence-electron chi connectivity index (χ3n) is 5.28. The summed E-state index contributed by atoms with van der Waals surface area (Å²) in [6.45, 7) is 3.94. The molecule has 2 heterocycles. The zero-order valence-electron chi connectivity index (χ0n) is 17.6. The fourth-order valence-electron chi connectivity index (χ4n) is 3.39. The minimum atomic E-state index is -0.378. The molecule has 0 atom stereocenters. The molecule has 0 radical (unpaired) electrons. The molecule has 9 heteroatoms. The Kier molecular flexibility index (Phi) is 7.02. The number of carbonyl (C=O) groups excluding carboxylic acids is 2. The molecule has 1 fully saturated rings. The molecule has 1 aliphatic rings. The highest BCUT2D eigenvalue weighted by Crippen LogP contribution is 2.21. The lowest BCUT2D eigenvalue weighted by atomic mass is 9.98. The Hall–Kier alpha value is -2.97. The average molecular weight is 471 g/mol. The lowest BCUT2D eigenvalue weighted by Crippen LogP contribution is -2.37. The van der Waals surface area contributed by atoms with E-state index in [0.29, 0.717) is 32.9 Å². The van der Waals surface area contributed by atoms with Crippen molar-refractivity contribution in [2.75, 3.05) is 18.4 Å². The van der Waals surface area contributed by atoms with Gasteiger partial charge in [0.2, 0.25) is 5.01 Å². The monoisotopic (exact) mass is 470 g/mol. The normalized spacial score (nSPS) is 14.2. The van der Waals surface area contributed by atoms with Gasteiger partial charge >= 0.3 is 0 Å². The van der Waals surface area contributed by atoms with Gasteiger partial charge in [-0.2, -0.15) is 0 Å². The third kappa shape index (κ3) is 5.63. The van der Waals surface area contributed by atoms with Crippen LogP contribution in [-0.4, -0.2) is 40.0 Å². The van der Waals surface area contributed by atoms with Crippen LogP contribution in [0.25, 0.3) is 0 Å². The van der Waals surface area contributed by atoms with Gasteiger partial charge < -0.3 is 15.0 Å². The van der Waals surface area contributed by atoms with Crippen LogP contribution >= 0.6 is 22.9 Å². The molecule has 32 heavy (non-hydrogen) atoms. The molecule has 1 N–H and O–H groups in total. The first-order chi connectivity index (χ1) is 15.5. The molecule has 3 aromatic rings. The second kappa shape index (κ2) is 10.1. The van der Waals surface area contributed by atoms with Crippen molar-refractivity contribution in [2.24, 2.45) is 5.92 Å². The number of amides is 2. The van der Waals surface area contributed by atoms with Crippen LogP contribution in [0, 0.1) is 5.92 Å². The van der Waals surface area contributed by atoms with Crippen LogP contribution in [0.3, 0.4) is 0 Å². The minimum absolute atomic E-state index is 0.00875. The first-order valence-corrected chi connectivity index (χ1v) is 11.6. The Morgan fingerprint density at radius 1 is 1.16 bits per heavy atom. The summed E-state index contributed by atoms with van der Waals surface area (Å²) in [6.07, 6.45) is 2.03. The highest BCUT2D eigenvalue weighted by Gasteiger charge is 2.22. The van der Waals surface area contributed by atoms with Crippen LogP contribution in [0.15, 0.2) is 48.5 Å². The predicted molar refractivity (Wildman–Crippen MR) is 124 cm³/mol. The van der Waals surface area contributed by atoms with E-state index in [0.717, 1.165) is 37.3 Å². The van der Waals surface area contributed by atoms with Crippen LogP contribution in [0.2, 0.25) is 5.02 Å². The van der Waals surface area contributed by atoms with E-state index in [1.807, 2.05) is 4.90 Å². The molecule has 166 valence electrons. The second-order valence-electron chi connectivity index (χ2n) is 7.75. The Labute approximate surface area is 195 Å². The second-order valence-corrected chi connectivity index (χ2v) is 9.25. The van der Waals surface area contributed by atoms with Crippen molar-refractivity contribution in [1.29, 1.82) is 0 Å². The van der Waals surface area contributed by atoms with Gasteiger partial charge in [-0.1, -0.05) is 35.9 Å². The van der Waals surface area contributed by atoms with Crippen LogP contribution in [0.4, 0.5) is 5.69 Å². The maximum Gasteiger partial charge on any atom is 0.286 e. The summed E-state index contributed by atoms with van der Waals surface area (Å²) in [5, 5.41) is 12.2. The van der Waals surface area contributed by atoms with Gasteiger partial charge in [0.1, 0.15) is 12.4 Å². The van der Waals surface area contributed by atoms with E-state index in [9.17, 15) is 9.59 Å². The summed E-state index contributed by atoms with van der Waals surface area (Å²) < 4.78 is 5.64. The van der Waals surface area contributed by atoms with Gasteiger partial charge in [0.05, 0.1) is 0 Å². The van der Waals surface area contributed by atoms with Crippen molar-refractivity contribution in [1.82, 2.24) is 15.1 Å². The number of hydrogen-bond acceptors (Lipinski definition) is 6. The minimum Gasteiger partial charge on any atom is -0.486 e. The number of nitrogens with one attached hydrogen (secondary N) is 1. The molecular weight excluding hydrogens is 448 g/mol. The molecule has 0 saturated carbocycles. The van der Waals surface area contributed by atoms with E-state index in [1.54, 1.807) is 48.5 Å². The van der Waals surface area contributed by atoms with Gasteiger partial charge in [-0.05, 0) is 61.2 Å². The van der Waals surface area contributed by atoms with E-state index in [2.05, 4.69) is 22.4 Å². The van der Waals surface area contributed by atoms with Crippen molar-refractivity contribution in [3.05, 3.63) is 69.1 Å². The smallest absolute Gasteiger partial charge is 0.286 e. The number of benzene rings is 2.